The lowest BCUT2D eigenvalue weighted by molar-refractivity contribution is -0.111. The second-order valence-corrected chi connectivity index (χ2v) is 12.3. The van der Waals surface area contributed by atoms with Gasteiger partial charge in [-0.15, -0.1) is 0 Å². The first-order valence-electron chi connectivity index (χ1n) is 15.8. The molecule has 0 radical (unpaired) electrons. The number of hydrogen-bond donors (Lipinski definition) is 1. The smallest absolute Gasteiger partial charge is 0.254 e. The van der Waals surface area contributed by atoms with Crippen molar-refractivity contribution in [3.63, 3.8) is 0 Å². The van der Waals surface area contributed by atoms with E-state index in [0.29, 0.717) is 56.4 Å². The third kappa shape index (κ3) is 6.18. The van der Waals surface area contributed by atoms with Crippen LogP contribution < -0.4 is 20.7 Å². The molecule has 7 rings (SSSR count). The number of nitrogens with zero attached hydrogens (tertiary/aromatic N) is 4. The minimum atomic E-state index is -0.281. The van der Waals surface area contributed by atoms with Crippen LogP contribution in [0.25, 0.3) is 6.08 Å². The van der Waals surface area contributed by atoms with Crippen molar-refractivity contribution in [2.45, 2.75) is 18.9 Å². The van der Waals surface area contributed by atoms with Gasteiger partial charge in [0.05, 0.1) is 11.4 Å². The van der Waals surface area contributed by atoms with Gasteiger partial charge in [0.15, 0.2) is 0 Å². The van der Waals surface area contributed by atoms with Crippen molar-refractivity contribution in [1.29, 1.82) is 0 Å². The third-order valence-electron chi connectivity index (χ3n) is 9.31. The lowest BCUT2D eigenvalue weighted by Crippen LogP contribution is -2.49. The lowest BCUT2D eigenvalue weighted by atomic mass is 9.83. The zero-order valence-electron chi connectivity index (χ0n) is 25.5. The number of carbonyl (C=O) groups excluding carboxylic acids is 2. The molecule has 3 aromatic carbocycles. The van der Waals surface area contributed by atoms with Crippen LogP contribution in [-0.4, -0.2) is 60.5 Å². The highest BCUT2D eigenvalue weighted by molar-refractivity contribution is 6.05. The maximum absolute atomic E-state index is 13.7. The van der Waals surface area contributed by atoms with E-state index in [1.54, 1.807) is 30.3 Å². The fraction of sp³-hybridized carbons (Fsp3) is 0.270. The number of rotatable bonds is 6. The van der Waals surface area contributed by atoms with Gasteiger partial charge in [-0.25, -0.2) is 4.39 Å². The zero-order chi connectivity index (χ0) is 31.6. The molecule has 0 aliphatic carbocycles. The fourth-order valence-electron chi connectivity index (χ4n) is 7.05. The predicted molar refractivity (Wildman–Crippen MR) is 179 cm³/mol. The summed E-state index contributed by atoms with van der Waals surface area (Å²) >= 11 is 0. The van der Waals surface area contributed by atoms with E-state index < -0.39 is 0 Å². The van der Waals surface area contributed by atoms with Crippen molar-refractivity contribution in [3.8, 4) is 0 Å². The van der Waals surface area contributed by atoms with Crippen molar-refractivity contribution in [1.82, 2.24) is 9.47 Å². The number of halogens is 1. The molecule has 46 heavy (non-hydrogen) atoms. The number of piperazine rings is 1. The lowest BCUT2D eigenvalue weighted by Gasteiger charge is -2.44. The average Bonchev–Trinajstić information content (AvgIpc) is 3.08. The van der Waals surface area contributed by atoms with Crippen molar-refractivity contribution in [2.24, 2.45) is 5.92 Å². The number of nitrogens with one attached hydrogen (secondary N) is 1. The number of anilines is 3. The molecule has 0 spiro atoms. The van der Waals surface area contributed by atoms with E-state index in [2.05, 4.69) is 15.1 Å². The van der Waals surface area contributed by atoms with Crippen LogP contribution in [0.1, 0.15) is 34.0 Å². The maximum atomic E-state index is 13.7. The maximum Gasteiger partial charge on any atom is 0.254 e. The standard InChI is InChI=1S/C37H36FN5O3/c38-30-11-13-31(14-12-30)40-17-19-41(20-18-40)37(46)28-10-15-34(32(22-28)39-35(44)16-9-26-5-2-1-3-6-26)42-23-27-21-29(25-42)33-7-4-8-36(45)43(33)24-27/h1-16,22,27,29H,17-21,23-25H2,(H,39,44)/b16-9+/t27-,29+/m1/s1. The van der Waals surface area contributed by atoms with Crippen molar-refractivity contribution < 1.29 is 14.0 Å². The van der Waals surface area contributed by atoms with Gasteiger partial charge in [0.25, 0.3) is 11.5 Å². The molecule has 2 saturated heterocycles. The molecular formula is C37H36FN5O3. The Balaban J connectivity index is 1.13. The molecule has 4 heterocycles. The van der Waals surface area contributed by atoms with Crippen molar-refractivity contribution in [3.05, 3.63) is 130 Å². The number of hydrogen-bond acceptors (Lipinski definition) is 5. The van der Waals surface area contributed by atoms with Crippen molar-refractivity contribution in [2.75, 3.05) is 54.4 Å². The highest BCUT2D eigenvalue weighted by Crippen LogP contribution is 2.39. The summed E-state index contributed by atoms with van der Waals surface area (Å²) < 4.78 is 15.3. The quantitative estimate of drug-likeness (QED) is 0.300. The van der Waals surface area contributed by atoms with Gasteiger partial charge in [0, 0.05) is 80.8 Å². The number of pyridine rings is 1. The Labute approximate surface area is 267 Å². The molecule has 8 nitrogen and oxygen atoms in total. The van der Waals surface area contributed by atoms with E-state index in [0.717, 1.165) is 35.6 Å². The van der Waals surface area contributed by atoms with Crippen molar-refractivity contribution >= 4 is 35.0 Å². The SMILES string of the molecule is O=C(/C=C/c1ccccc1)Nc1cc(C(=O)N2CCN(c3ccc(F)cc3)CC2)ccc1N1C[C@H]2C[C@@H](C1)c1cccc(=O)n1C2. The Kier molecular flexibility index (Phi) is 8.13. The van der Waals surface area contributed by atoms with Gasteiger partial charge in [0.2, 0.25) is 5.91 Å². The molecule has 1 N–H and O–H groups in total. The first-order valence-corrected chi connectivity index (χ1v) is 15.8. The van der Waals surface area contributed by atoms with Gasteiger partial charge in [-0.2, -0.15) is 0 Å². The van der Waals surface area contributed by atoms with Gasteiger partial charge in [-0.3, -0.25) is 14.4 Å². The van der Waals surface area contributed by atoms with Crippen LogP contribution in [0.3, 0.4) is 0 Å². The third-order valence-corrected chi connectivity index (χ3v) is 9.31. The number of amides is 2. The number of benzene rings is 3. The highest BCUT2D eigenvalue weighted by atomic mass is 19.1. The van der Waals surface area contributed by atoms with Crippen LogP contribution in [0.15, 0.2) is 102 Å². The molecule has 4 aromatic rings. The van der Waals surface area contributed by atoms with Gasteiger partial charge in [0.1, 0.15) is 5.82 Å². The van der Waals surface area contributed by atoms with Gasteiger partial charge in [-0.05, 0) is 72.5 Å². The summed E-state index contributed by atoms with van der Waals surface area (Å²) in [5.74, 6) is -0.151. The monoisotopic (exact) mass is 617 g/mol. The van der Waals surface area contributed by atoms with Gasteiger partial charge >= 0.3 is 0 Å². The van der Waals surface area contributed by atoms with E-state index in [4.69, 9.17) is 0 Å². The zero-order valence-corrected chi connectivity index (χ0v) is 25.5. The number of carbonyl (C=O) groups is 2. The van der Waals surface area contributed by atoms with Crippen LogP contribution >= 0.6 is 0 Å². The number of fused-ring (bicyclic) bond motifs is 4. The molecule has 2 amide bonds. The first kappa shape index (κ1) is 29.5. The van der Waals surface area contributed by atoms with E-state index in [1.165, 1.54) is 18.2 Å². The van der Waals surface area contributed by atoms with E-state index in [9.17, 15) is 18.8 Å². The Morgan fingerprint density at radius 1 is 0.804 bits per heavy atom. The molecule has 2 bridgehead atoms. The molecule has 3 aliphatic rings. The highest BCUT2D eigenvalue weighted by Gasteiger charge is 2.35. The van der Waals surface area contributed by atoms with E-state index in [-0.39, 0.29) is 29.1 Å². The van der Waals surface area contributed by atoms with Crippen LogP contribution in [0.4, 0.5) is 21.5 Å². The predicted octanol–water partition coefficient (Wildman–Crippen LogP) is 5.23. The minimum Gasteiger partial charge on any atom is -0.369 e. The van der Waals surface area contributed by atoms with Crippen LogP contribution in [0.5, 0.6) is 0 Å². The molecule has 1 aromatic heterocycles. The summed E-state index contributed by atoms with van der Waals surface area (Å²) in [6.07, 6.45) is 4.29. The molecule has 234 valence electrons. The molecule has 0 unspecified atom stereocenters. The Hall–Kier alpha value is -5.18. The second-order valence-electron chi connectivity index (χ2n) is 12.3. The molecule has 2 fully saturated rings. The summed E-state index contributed by atoms with van der Waals surface area (Å²) in [6, 6.07) is 27.1. The first-order chi connectivity index (χ1) is 22.4. The van der Waals surface area contributed by atoms with E-state index >= 15 is 0 Å². The summed E-state index contributed by atoms with van der Waals surface area (Å²) in [5.41, 5.74) is 4.90. The molecule has 9 heteroatoms. The molecule has 3 aliphatic heterocycles. The molecule has 0 saturated carbocycles. The number of piperidine rings is 1. The topological polar surface area (TPSA) is 77.9 Å². The summed E-state index contributed by atoms with van der Waals surface area (Å²) in [7, 11) is 0. The van der Waals surface area contributed by atoms with Gasteiger partial charge < -0.3 is 24.6 Å². The summed E-state index contributed by atoms with van der Waals surface area (Å²) in [4.78, 5) is 45.8. The molecule has 2 atom stereocenters. The van der Waals surface area contributed by atoms with Crippen LogP contribution in [0.2, 0.25) is 0 Å². The minimum absolute atomic E-state index is 0.0418. The average molecular weight is 618 g/mol. The van der Waals surface area contributed by atoms with Crippen LogP contribution in [-0.2, 0) is 11.3 Å². The Bertz CT molecular complexity index is 1830. The molecular weight excluding hydrogens is 581 g/mol. The summed E-state index contributed by atoms with van der Waals surface area (Å²) in [5, 5.41) is 3.07. The summed E-state index contributed by atoms with van der Waals surface area (Å²) in [6.45, 7) is 4.49. The fourth-order valence-corrected chi connectivity index (χ4v) is 7.05. The Morgan fingerprint density at radius 2 is 1.59 bits per heavy atom. The number of aromatic nitrogens is 1. The van der Waals surface area contributed by atoms with E-state index in [1.807, 2.05) is 64.1 Å². The van der Waals surface area contributed by atoms with Crippen LogP contribution in [0, 0.1) is 11.7 Å². The Morgan fingerprint density at radius 3 is 2.37 bits per heavy atom. The normalized spacial score (nSPS) is 19.2. The second kappa shape index (κ2) is 12.7. The largest absolute Gasteiger partial charge is 0.369 e. The van der Waals surface area contributed by atoms with Gasteiger partial charge in [-0.1, -0.05) is 36.4 Å².